The van der Waals surface area contributed by atoms with Crippen LogP contribution in [0.15, 0.2) is 72.3 Å². The predicted molar refractivity (Wildman–Crippen MR) is 123 cm³/mol. The molecule has 2 aliphatic rings. The summed E-state index contributed by atoms with van der Waals surface area (Å²) in [7, 11) is 0. The first-order valence-corrected chi connectivity index (χ1v) is 10.6. The predicted octanol–water partition coefficient (Wildman–Crippen LogP) is 4.86. The summed E-state index contributed by atoms with van der Waals surface area (Å²) in [5.74, 6) is -0.704. The second-order valence-electron chi connectivity index (χ2n) is 8.29. The molecule has 1 amide bonds. The maximum Gasteiger partial charge on any atom is 0.300 e. The van der Waals surface area contributed by atoms with Crippen LogP contribution in [0.1, 0.15) is 33.9 Å². The van der Waals surface area contributed by atoms with E-state index >= 15 is 0 Å². The summed E-state index contributed by atoms with van der Waals surface area (Å²) in [6.07, 6.45) is 0.745. The van der Waals surface area contributed by atoms with E-state index < -0.39 is 17.7 Å². The third kappa shape index (κ3) is 3.17. The van der Waals surface area contributed by atoms with Gasteiger partial charge in [-0.25, -0.2) is 0 Å². The van der Waals surface area contributed by atoms with Gasteiger partial charge in [0.05, 0.1) is 18.2 Å². The quantitative estimate of drug-likeness (QED) is 0.370. The minimum absolute atomic E-state index is 0.0981. The molecule has 5 rings (SSSR count). The number of hydrogen-bond donors (Lipinski definition) is 1. The number of Topliss-reactive ketones (excluding diaryl/α,β-unsaturated/α-hetero) is 1. The van der Waals surface area contributed by atoms with Crippen LogP contribution in [0, 0.1) is 13.8 Å². The van der Waals surface area contributed by atoms with Gasteiger partial charge in [0.15, 0.2) is 0 Å². The van der Waals surface area contributed by atoms with Gasteiger partial charge in [-0.3, -0.25) is 14.5 Å². The molecule has 2 heterocycles. The van der Waals surface area contributed by atoms with Crippen molar-refractivity contribution < 1.29 is 19.4 Å². The molecule has 5 nitrogen and oxygen atoms in total. The van der Waals surface area contributed by atoms with Crippen LogP contribution in [0.3, 0.4) is 0 Å². The number of rotatable bonds is 3. The van der Waals surface area contributed by atoms with E-state index in [0.29, 0.717) is 17.9 Å². The monoisotopic (exact) mass is 425 g/mol. The van der Waals surface area contributed by atoms with Gasteiger partial charge in [0.25, 0.3) is 11.7 Å². The molecule has 0 bridgehead atoms. The van der Waals surface area contributed by atoms with Gasteiger partial charge in [0, 0.05) is 17.7 Å². The van der Waals surface area contributed by atoms with Crippen LogP contribution in [-0.4, -0.2) is 23.4 Å². The minimum atomic E-state index is -0.721. The number of aryl methyl sites for hydroxylation is 2. The van der Waals surface area contributed by atoms with Gasteiger partial charge < -0.3 is 9.84 Å². The number of ketones is 1. The van der Waals surface area contributed by atoms with Gasteiger partial charge in [-0.05, 0) is 60.4 Å². The van der Waals surface area contributed by atoms with Crippen molar-refractivity contribution in [2.24, 2.45) is 0 Å². The molecule has 5 heteroatoms. The Morgan fingerprint density at radius 1 is 1.00 bits per heavy atom. The van der Waals surface area contributed by atoms with Crippen molar-refractivity contribution in [3.63, 3.8) is 0 Å². The number of hydrogen-bond acceptors (Lipinski definition) is 4. The number of carbonyl (C=O) groups excluding carboxylic acids is 2. The van der Waals surface area contributed by atoms with E-state index in [1.54, 1.807) is 12.1 Å². The van der Waals surface area contributed by atoms with Crippen molar-refractivity contribution in [1.82, 2.24) is 0 Å². The minimum Gasteiger partial charge on any atom is -0.507 e. The highest BCUT2D eigenvalue weighted by Gasteiger charge is 2.47. The van der Waals surface area contributed by atoms with Crippen LogP contribution in [0.25, 0.3) is 5.76 Å². The highest BCUT2D eigenvalue weighted by molar-refractivity contribution is 6.51. The fourth-order valence-corrected chi connectivity index (χ4v) is 4.50. The Balaban J connectivity index is 1.73. The number of anilines is 1. The van der Waals surface area contributed by atoms with Gasteiger partial charge in [0.2, 0.25) is 0 Å². The largest absolute Gasteiger partial charge is 0.507 e. The molecule has 1 atom stereocenters. The first-order valence-electron chi connectivity index (χ1n) is 10.6. The van der Waals surface area contributed by atoms with Crippen molar-refractivity contribution in [3.8, 4) is 5.75 Å². The van der Waals surface area contributed by atoms with E-state index in [2.05, 4.69) is 0 Å². The van der Waals surface area contributed by atoms with E-state index in [4.69, 9.17) is 4.74 Å². The zero-order valence-corrected chi connectivity index (χ0v) is 18.0. The van der Waals surface area contributed by atoms with Gasteiger partial charge in [0.1, 0.15) is 11.5 Å². The Hall–Kier alpha value is -3.86. The Kier molecular flexibility index (Phi) is 4.82. The lowest BCUT2D eigenvalue weighted by Gasteiger charge is -2.27. The van der Waals surface area contributed by atoms with E-state index in [0.717, 1.165) is 34.4 Å². The Labute approximate surface area is 186 Å². The Morgan fingerprint density at radius 2 is 1.78 bits per heavy atom. The second kappa shape index (κ2) is 7.68. The molecule has 32 heavy (non-hydrogen) atoms. The lowest BCUT2D eigenvalue weighted by Crippen LogP contribution is -2.30. The molecule has 1 fully saturated rings. The highest BCUT2D eigenvalue weighted by Crippen LogP contribution is 2.43. The topological polar surface area (TPSA) is 66.8 Å². The fraction of sp³-hybridized carbons (Fsp3) is 0.185. The molecule has 160 valence electrons. The van der Waals surface area contributed by atoms with E-state index in [1.165, 1.54) is 4.90 Å². The molecule has 3 aromatic carbocycles. The van der Waals surface area contributed by atoms with Crippen molar-refractivity contribution in [2.45, 2.75) is 26.3 Å². The molecule has 0 radical (unpaired) electrons. The van der Waals surface area contributed by atoms with E-state index in [-0.39, 0.29) is 11.3 Å². The van der Waals surface area contributed by atoms with Crippen LogP contribution in [0.2, 0.25) is 0 Å². The van der Waals surface area contributed by atoms with Crippen molar-refractivity contribution in [2.75, 3.05) is 11.5 Å². The molecule has 3 aromatic rings. The zero-order chi connectivity index (χ0) is 22.4. The summed E-state index contributed by atoms with van der Waals surface area (Å²) in [4.78, 5) is 28.1. The van der Waals surface area contributed by atoms with Crippen LogP contribution < -0.4 is 9.64 Å². The summed E-state index contributed by atoms with van der Waals surface area (Å²) in [5, 5.41) is 11.3. The average Bonchev–Trinajstić information content (AvgIpc) is 3.38. The number of nitrogens with zero attached hydrogens (tertiary/aromatic N) is 1. The highest BCUT2D eigenvalue weighted by atomic mass is 16.5. The number of benzene rings is 3. The molecular formula is C27H23NO4. The first kappa shape index (κ1) is 20.1. The van der Waals surface area contributed by atoms with Crippen LogP contribution in [0.4, 0.5) is 5.69 Å². The number of aliphatic hydroxyl groups excluding tert-OH is 1. The summed E-state index contributed by atoms with van der Waals surface area (Å²) < 4.78 is 5.56. The lowest BCUT2D eigenvalue weighted by molar-refractivity contribution is -0.132. The first-order chi connectivity index (χ1) is 15.5. The summed E-state index contributed by atoms with van der Waals surface area (Å²) >= 11 is 0. The van der Waals surface area contributed by atoms with E-state index in [1.807, 2.05) is 68.4 Å². The zero-order valence-electron chi connectivity index (χ0n) is 18.0. The number of carbonyl (C=O) groups is 2. The fourth-order valence-electron chi connectivity index (χ4n) is 4.50. The molecule has 0 saturated carbocycles. The molecule has 0 aromatic heterocycles. The number of amides is 1. The lowest BCUT2D eigenvalue weighted by atomic mass is 9.94. The number of aliphatic hydroxyl groups is 1. The maximum absolute atomic E-state index is 13.3. The normalized spacial score (nSPS) is 19.2. The van der Waals surface area contributed by atoms with Crippen LogP contribution in [-0.2, 0) is 16.0 Å². The SMILES string of the molecule is Cc1ccc(C)c(N2C(=O)C(=O)/C(=C(\O)c3ccc4c(c3)CCO4)C2c2ccccc2)c1. The standard InChI is InChI=1S/C27H23NO4/c1-16-8-9-17(2)21(14-16)28-24(18-6-4-3-5-7-18)23(26(30)27(28)31)25(29)20-10-11-22-19(15-20)12-13-32-22/h3-11,14-15,24,29H,12-13H2,1-2H3/b25-23-. The van der Waals surface area contributed by atoms with Gasteiger partial charge in [-0.2, -0.15) is 0 Å². The van der Waals surface area contributed by atoms with Crippen molar-refractivity contribution >= 4 is 23.1 Å². The van der Waals surface area contributed by atoms with Gasteiger partial charge >= 0.3 is 0 Å². The molecule has 1 N–H and O–H groups in total. The smallest absolute Gasteiger partial charge is 0.300 e. The average molecular weight is 425 g/mol. The molecular weight excluding hydrogens is 402 g/mol. The van der Waals surface area contributed by atoms with E-state index in [9.17, 15) is 14.7 Å². The summed E-state index contributed by atoms with van der Waals surface area (Å²) in [6.45, 7) is 4.46. The summed E-state index contributed by atoms with van der Waals surface area (Å²) in [6, 6.07) is 19.8. The van der Waals surface area contributed by atoms with Crippen molar-refractivity contribution in [1.29, 1.82) is 0 Å². The Morgan fingerprint density at radius 3 is 2.56 bits per heavy atom. The second-order valence-corrected chi connectivity index (χ2v) is 8.29. The van der Waals surface area contributed by atoms with Gasteiger partial charge in [-0.1, -0.05) is 42.5 Å². The molecule has 0 spiro atoms. The third-order valence-corrected chi connectivity index (χ3v) is 6.15. The molecule has 2 aliphatic heterocycles. The molecule has 1 saturated heterocycles. The van der Waals surface area contributed by atoms with Crippen molar-refractivity contribution in [3.05, 3.63) is 100 Å². The van der Waals surface area contributed by atoms with Crippen LogP contribution in [0.5, 0.6) is 5.75 Å². The Bertz CT molecular complexity index is 1280. The molecule has 0 aliphatic carbocycles. The van der Waals surface area contributed by atoms with Gasteiger partial charge in [-0.15, -0.1) is 0 Å². The molecule has 1 unspecified atom stereocenters. The maximum atomic E-state index is 13.3. The third-order valence-electron chi connectivity index (χ3n) is 6.15. The number of ether oxygens (including phenoxy) is 1. The van der Waals surface area contributed by atoms with Crippen LogP contribution >= 0.6 is 0 Å². The summed E-state index contributed by atoms with van der Waals surface area (Å²) in [5.41, 5.74) is 4.89. The number of fused-ring (bicyclic) bond motifs is 1.